The maximum absolute atomic E-state index is 13.1. The summed E-state index contributed by atoms with van der Waals surface area (Å²) in [6, 6.07) is 10.8. The van der Waals surface area contributed by atoms with E-state index in [1.807, 2.05) is 6.92 Å². The number of sulfonamides is 1. The second kappa shape index (κ2) is 8.09. The predicted molar refractivity (Wildman–Crippen MR) is 118 cm³/mol. The number of aromatic nitrogens is 2. The summed E-state index contributed by atoms with van der Waals surface area (Å²) in [4.78, 5) is 23.5. The molecule has 4 rings (SSSR count). The quantitative estimate of drug-likeness (QED) is 0.648. The minimum atomic E-state index is -3.97. The Morgan fingerprint density at radius 3 is 2.74 bits per heavy atom. The smallest absolute Gasteiger partial charge is 0.259 e. The second-order valence-corrected chi connectivity index (χ2v) is 9.16. The molecule has 9 heteroatoms. The average molecular weight is 438 g/mol. The van der Waals surface area contributed by atoms with Gasteiger partial charge in [0.1, 0.15) is 5.82 Å². The highest BCUT2D eigenvalue weighted by molar-refractivity contribution is 7.89. The van der Waals surface area contributed by atoms with Crippen molar-refractivity contribution in [3.8, 4) is 0 Å². The van der Waals surface area contributed by atoms with Gasteiger partial charge >= 0.3 is 0 Å². The number of pyridine rings is 2. The Morgan fingerprint density at radius 1 is 1.16 bits per heavy atom. The minimum absolute atomic E-state index is 0.288. The molecule has 160 valence electrons. The molecule has 0 bridgehead atoms. The molecule has 0 saturated carbocycles. The summed E-state index contributed by atoms with van der Waals surface area (Å²) < 4.78 is 23.1. The molecule has 1 aliphatic heterocycles. The van der Waals surface area contributed by atoms with Gasteiger partial charge in [0.2, 0.25) is 0 Å². The van der Waals surface area contributed by atoms with Crippen LogP contribution in [-0.2, 0) is 23.0 Å². The standard InChI is InChI=1S/C22H23N5O3S/c1-14-10-18(22(28)26-17-6-8-24-20(11-17)31(23,29)30)21(25-12-14)27-9-7-16-5-3-4-15(2)19(16)13-27/h3-6,8,10-12H,7,9,13H2,1-2H3,(H2,23,29,30)(H,24,26,28). The third-order valence-corrected chi connectivity index (χ3v) is 6.15. The van der Waals surface area contributed by atoms with Gasteiger partial charge in [-0.25, -0.2) is 23.5 Å². The van der Waals surface area contributed by atoms with Gasteiger partial charge in [0.05, 0.1) is 5.56 Å². The number of rotatable bonds is 4. The molecule has 3 N–H and O–H groups in total. The van der Waals surface area contributed by atoms with Crippen LogP contribution in [0.5, 0.6) is 0 Å². The number of nitrogens with two attached hydrogens (primary N) is 1. The molecule has 0 saturated heterocycles. The summed E-state index contributed by atoms with van der Waals surface area (Å²) in [5, 5.41) is 7.57. The van der Waals surface area contributed by atoms with E-state index < -0.39 is 10.0 Å². The lowest BCUT2D eigenvalue weighted by Crippen LogP contribution is -2.33. The van der Waals surface area contributed by atoms with Gasteiger partial charge in [-0.3, -0.25) is 4.79 Å². The van der Waals surface area contributed by atoms with E-state index in [-0.39, 0.29) is 16.6 Å². The number of hydrogen-bond donors (Lipinski definition) is 2. The average Bonchev–Trinajstić information content (AvgIpc) is 2.73. The Kier molecular flexibility index (Phi) is 5.47. The van der Waals surface area contributed by atoms with Gasteiger partial charge in [-0.05, 0) is 54.7 Å². The molecule has 2 aromatic heterocycles. The zero-order valence-electron chi connectivity index (χ0n) is 17.3. The predicted octanol–water partition coefficient (Wildman–Crippen LogP) is 2.56. The molecule has 0 spiro atoms. The van der Waals surface area contributed by atoms with Gasteiger partial charge in [-0.2, -0.15) is 0 Å². The fourth-order valence-corrected chi connectivity index (χ4v) is 4.25. The Hall–Kier alpha value is -3.30. The summed E-state index contributed by atoms with van der Waals surface area (Å²) in [5.41, 5.74) is 5.36. The molecule has 0 unspecified atom stereocenters. The van der Waals surface area contributed by atoms with Gasteiger partial charge < -0.3 is 10.2 Å². The van der Waals surface area contributed by atoms with Crippen molar-refractivity contribution in [3.63, 3.8) is 0 Å². The van der Waals surface area contributed by atoms with Gasteiger partial charge in [0, 0.05) is 37.2 Å². The van der Waals surface area contributed by atoms with Crippen LogP contribution in [0.4, 0.5) is 11.5 Å². The van der Waals surface area contributed by atoms with Crippen molar-refractivity contribution in [2.45, 2.75) is 31.8 Å². The van der Waals surface area contributed by atoms with Crippen molar-refractivity contribution < 1.29 is 13.2 Å². The van der Waals surface area contributed by atoms with Crippen molar-refractivity contribution in [1.29, 1.82) is 0 Å². The number of aryl methyl sites for hydroxylation is 2. The number of carbonyl (C=O) groups is 1. The lowest BCUT2D eigenvalue weighted by molar-refractivity contribution is 0.102. The first-order valence-electron chi connectivity index (χ1n) is 9.81. The van der Waals surface area contributed by atoms with Crippen LogP contribution >= 0.6 is 0 Å². The number of anilines is 2. The summed E-state index contributed by atoms with van der Waals surface area (Å²) in [6.45, 7) is 5.38. The Labute approximate surface area is 181 Å². The number of amides is 1. The molecular weight excluding hydrogens is 414 g/mol. The van der Waals surface area contributed by atoms with Gasteiger partial charge in [-0.15, -0.1) is 0 Å². The molecular formula is C22H23N5O3S. The summed E-state index contributed by atoms with van der Waals surface area (Å²) in [6.07, 6.45) is 3.90. The Morgan fingerprint density at radius 2 is 1.97 bits per heavy atom. The van der Waals surface area contributed by atoms with Gasteiger partial charge in [-0.1, -0.05) is 18.2 Å². The minimum Gasteiger partial charge on any atom is -0.351 e. The number of nitrogens with zero attached hydrogens (tertiary/aromatic N) is 3. The fourth-order valence-electron chi connectivity index (χ4n) is 3.75. The summed E-state index contributed by atoms with van der Waals surface area (Å²) >= 11 is 0. The van der Waals surface area contributed by atoms with E-state index in [4.69, 9.17) is 5.14 Å². The monoisotopic (exact) mass is 437 g/mol. The molecule has 1 aromatic carbocycles. The fraction of sp³-hybridized carbons (Fsp3) is 0.227. The maximum atomic E-state index is 13.1. The molecule has 31 heavy (non-hydrogen) atoms. The first kappa shape index (κ1) is 21.0. The van der Waals surface area contributed by atoms with Crippen LogP contribution in [-0.4, -0.2) is 30.8 Å². The number of carbonyl (C=O) groups excluding carboxylic acids is 1. The van der Waals surface area contributed by atoms with E-state index in [0.29, 0.717) is 17.9 Å². The third kappa shape index (κ3) is 4.42. The maximum Gasteiger partial charge on any atom is 0.259 e. The molecule has 8 nitrogen and oxygen atoms in total. The second-order valence-electron chi connectivity index (χ2n) is 7.65. The van der Waals surface area contributed by atoms with Crippen molar-refractivity contribution in [2.75, 3.05) is 16.8 Å². The number of hydrogen-bond acceptors (Lipinski definition) is 6. The van der Waals surface area contributed by atoms with Gasteiger partial charge in [0.15, 0.2) is 5.03 Å². The van der Waals surface area contributed by atoms with Gasteiger partial charge in [0.25, 0.3) is 15.9 Å². The molecule has 0 aliphatic carbocycles. The number of benzene rings is 1. The van der Waals surface area contributed by atoms with E-state index in [1.165, 1.54) is 35.0 Å². The summed E-state index contributed by atoms with van der Waals surface area (Å²) in [7, 11) is -3.97. The SMILES string of the molecule is Cc1cnc(N2CCc3cccc(C)c3C2)c(C(=O)Nc2ccnc(S(N)(=O)=O)c2)c1. The highest BCUT2D eigenvalue weighted by atomic mass is 32.2. The van der Waals surface area contributed by atoms with Crippen LogP contribution in [0.25, 0.3) is 0 Å². The van der Waals surface area contributed by atoms with Crippen LogP contribution in [0, 0.1) is 13.8 Å². The largest absolute Gasteiger partial charge is 0.351 e. The van der Waals surface area contributed by atoms with Crippen LogP contribution < -0.4 is 15.4 Å². The zero-order chi connectivity index (χ0) is 22.2. The first-order valence-corrected chi connectivity index (χ1v) is 11.4. The van der Waals surface area contributed by atoms with Crippen LogP contribution in [0.2, 0.25) is 0 Å². The van der Waals surface area contributed by atoms with Crippen molar-refractivity contribution in [3.05, 3.63) is 76.6 Å². The van der Waals surface area contributed by atoms with Crippen LogP contribution in [0.3, 0.4) is 0 Å². The van der Waals surface area contributed by atoms with Crippen molar-refractivity contribution >= 4 is 27.4 Å². The molecule has 0 fully saturated rings. The van der Waals surface area contributed by atoms with E-state index in [0.717, 1.165) is 18.5 Å². The Balaban J connectivity index is 1.65. The van der Waals surface area contributed by atoms with E-state index in [9.17, 15) is 13.2 Å². The lowest BCUT2D eigenvalue weighted by Gasteiger charge is -2.32. The highest BCUT2D eigenvalue weighted by Crippen LogP contribution is 2.28. The topological polar surface area (TPSA) is 118 Å². The van der Waals surface area contributed by atoms with Crippen LogP contribution in [0.1, 0.15) is 32.6 Å². The number of nitrogens with one attached hydrogen (secondary N) is 1. The molecule has 3 heterocycles. The molecule has 3 aromatic rings. The Bertz CT molecular complexity index is 1270. The molecule has 0 radical (unpaired) electrons. The number of fused-ring (bicyclic) bond motifs is 1. The zero-order valence-corrected chi connectivity index (χ0v) is 18.1. The van der Waals surface area contributed by atoms with Crippen LogP contribution in [0.15, 0.2) is 53.8 Å². The third-order valence-electron chi connectivity index (χ3n) is 5.34. The lowest BCUT2D eigenvalue weighted by atomic mass is 9.95. The number of primary sulfonamides is 1. The normalized spacial score (nSPS) is 13.6. The molecule has 1 aliphatic rings. The van der Waals surface area contributed by atoms with E-state index >= 15 is 0 Å². The van der Waals surface area contributed by atoms with Crippen molar-refractivity contribution in [2.24, 2.45) is 5.14 Å². The molecule has 0 atom stereocenters. The van der Waals surface area contributed by atoms with E-state index in [2.05, 4.69) is 45.3 Å². The summed E-state index contributed by atoms with van der Waals surface area (Å²) in [5.74, 6) is 0.214. The molecule has 1 amide bonds. The highest BCUT2D eigenvalue weighted by Gasteiger charge is 2.24. The van der Waals surface area contributed by atoms with E-state index in [1.54, 1.807) is 12.3 Å². The van der Waals surface area contributed by atoms with Crippen molar-refractivity contribution in [1.82, 2.24) is 9.97 Å². The first-order chi connectivity index (χ1) is 14.7.